The lowest BCUT2D eigenvalue weighted by Crippen LogP contribution is -2.16. The third-order valence-electron chi connectivity index (χ3n) is 5.13. The highest BCUT2D eigenvalue weighted by Gasteiger charge is 2.16. The van der Waals surface area contributed by atoms with Crippen molar-refractivity contribution in [3.8, 4) is 28.6 Å². The maximum absolute atomic E-state index is 13.2. The summed E-state index contributed by atoms with van der Waals surface area (Å²) in [5.74, 6) is 1.90. The molecule has 0 spiro atoms. The first-order chi connectivity index (χ1) is 17.0. The van der Waals surface area contributed by atoms with Crippen molar-refractivity contribution < 1.29 is 18.6 Å². The van der Waals surface area contributed by atoms with Gasteiger partial charge in [-0.1, -0.05) is 35.9 Å². The molecule has 0 amide bonds. The Bertz CT molecular complexity index is 1360. The monoisotopic (exact) mass is 514 g/mol. The van der Waals surface area contributed by atoms with Gasteiger partial charge < -0.3 is 19.6 Å². The minimum Gasteiger partial charge on any atom is -0.496 e. The van der Waals surface area contributed by atoms with Gasteiger partial charge in [0.15, 0.2) is 17.3 Å². The van der Waals surface area contributed by atoms with Crippen molar-refractivity contribution in [2.45, 2.75) is 20.1 Å². The first-order valence-electron chi connectivity index (χ1n) is 10.9. The highest BCUT2D eigenvalue weighted by atomic mass is 35.5. The predicted molar refractivity (Wildman–Crippen MR) is 136 cm³/mol. The van der Waals surface area contributed by atoms with E-state index in [0.717, 1.165) is 16.7 Å². The number of aromatic nitrogens is 3. The van der Waals surface area contributed by atoms with E-state index in [0.29, 0.717) is 46.0 Å². The maximum Gasteiger partial charge on any atom is 0.214 e. The predicted octanol–water partition coefficient (Wildman–Crippen LogP) is 6.13. The molecule has 0 aliphatic carbocycles. The average Bonchev–Trinajstić information content (AvgIpc) is 3.23. The zero-order valence-electron chi connectivity index (χ0n) is 19.2. The second kappa shape index (κ2) is 11.2. The zero-order valence-corrected chi connectivity index (χ0v) is 20.8. The van der Waals surface area contributed by atoms with Gasteiger partial charge in [0.1, 0.15) is 18.2 Å². The van der Waals surface area contributed by atoms with Crippen molar-refractivity contribution in [1.82, 2.24) is 14.9 Å². The Morgan fingerprint density at radius 1 is 1.06 bits per heavy atom. The fourth-order valence-electron chi connectivity index (χ4n) is 3.49. The molecule has 4 rings (SSSR count). The highest BCUT2D eigenvalue weighted by molar-refractivity contribution is 7.71. The van der Waals surface area contributed by atoms with Gasteiger partial charge in [-0.05, 0) is 66.7 Å². The molecule has 10 heteroatoms. The molecule has 0 unspecified atom stereocenters. The zero-order chi connectivity index (χ0) is 24.8. The van der Waals surface area contributed by atoms with Gasteiger partial charge in [0.2, 0.25) is 4.77 Å². The van der Waals surface area contributed by atoms with Crippen LogP contribution in [0.5, 0.6) is 17.2 Å². The topological polar surface area (TPSA) is 73.3 Å². The first-order valence-corrected chi connectivity index (χ1v) is 11.7. The summed E-state index contributed by atoms with van der Waals surface area (Å²) in [5, 5.41) is 7.57. The molecule has 0 radical (unpaired) electrons. The van der Waals surface area contributed by atoms with Crippen molar-refractivity contribution >= 4 is 23.8 Å². The summed E-state index contributed by atoms with van der Waals surface area (Å²) in [6, 6.07) is 17.3. The smallest absolute Gasteiger partial charge is 0.214 e. The summed E-state index contributed by atoms with van der Waals surface area (Å²) in [6.07, 6.45) is 0. The summed E-state index contributed by atoms with van der Waals surface area (Å²) in [7, 11) is 1.61. The summed E-state index contributed by atoms with van der Waals surface area (Å²) < 4.78 is 32.4. The molecule has 0 bridgehead atoms. The summed E-state index contributed by atoms with van der Waals surface area (Å²) in [6.45, 7) is 2.93. The Morgan fingerprint density at radius 3 is 2.57 bits per heavy atom. The van der Waals surface area contributed by atoms with E-state index in [9.17, 15) is 4.39 Å². The Balaban J connectivity index is 1.55. The first kappa shape index (κ1) is 24.6. The number of aromatic amines is 1. The highest BCUT2D eigenvalue weighted by Crippen LogP contribution is 2.37. The van der Waals surface area contributed by atoms with Crippen LogP contribution in [0.2, 0.25) is 5.02 Å². The van der Waals surface area contributed by atoms with Crippen molar-refractivity contribution in [3.05, 3.63) is 87.4 Å². The van der Waals surface area contributed by atoms with Gasteiger partial charge in [0, 0.05) is 0 Å². The number of para-hydroxylation sites is 1. The number of hydrogen-bond donors (Lipinski definition) is 2. The van der Waals surface area contributed by atoms with E-state index in [1.807, 2.05) is 37.3 Å². The molecule has 0 aliphatic heterocycles. The molecule has 35 heavy (non-hydrogen) atoms. The number of halogens is 2. The number of ether oxygens (including phenoxy) is 3. The quantitative estimate of drug-likeness (QED) is 0.248. The van der Waals surface area contributed by atoms with Gasteiger partial charge in [-0.2, -0.15) is 5.10 Å². The minimum absolute atomic E-state index is 0.226. The van der Waals surface area contributed by atoms with Crippen molar-refractivity contribution in [1.29, 1.82) is 0 Å². The van der Waals surface area contributed by atoms with Gasteiger partial charge in [-0.25, -0.2) is 14.2 Å². The third-order valence-corrected chi connectivity index (χ3v) is 5.68. The molecule has 0 saturated heterocycles. The molecular formula is C25H24ClFN4O3S. The Labute approximate surface area is 212 Å². The van der Waals surface area contributed by atoms with Crippen LogP contribution in [0.25, 0.3) is 11.4 Å². The van der Waals surface area contributed by atoms with E-state index < -0.39 is 0 Å². The maximum atomic E-state index is 13.2. The van der Waals surface area contributed by atoms with E-state index in [-0.39, 0.29) is 12.4 Å². The molecule has 2 N–H and O–H groups in total. The molecule has 0 atom stereocenters. The van der Waals surface area contributed by atoms with Crippen LogP contribution in [0.1, 0.15) is 18.1 Å². The molecule has 1 aromatic heterocycles. The van der Waals surface area contributed by atoms with Gasteiger partial charge in [0.05, 0.1) is 30.8 Å². The minimum atomic E-state index is -0.301. The Kier molecular flexibility index (Phi) is 7.89. The van der Waals surface area contributed by atoms with E-state index in [2.05, 4.69) is 15.6 Å². The molecule has 7 nitrogen and oxygen atoms in total. The third kappa shape index (κ3) is 5.75. The lowest BCUT2D eigenvalue weighted by Gasteiger charge is -2.17. The standard InChI is InChI=1S/C25H24ClFN4O3S/c1-3-33-22-13-17(12-20(26)23(22)34-15-16-8-10-18(27)11-9-16)14-28-31-24(29-30-25(31)35)19-6-4-5-7-21(19)32-2/h4-13,28H,3,14-15H2,1-2H3,(H,30,35). The van der Waals surface area contributed by atoms with E-state index in [1.54, 1.807) is 30.0 Å². The summed E-state index contributed by atoms with van der Waals surface area (Å²) >= 11 is 12.0. The SMILES string of the molecule is CCOc1cc(CNn2c(-c3ccccc3OC)n[nH]c2=S)cc(Cl)c1OCc1ccc(F)cc1. The molecule has 0 saturated carbocycles. The van der Waals surface area contributed by atoms with Crippen LogP contribution in [-0.2, 0) is 13.2 Å². The number of benzene rings is 3. The largest absolute Gasteiger partial charge is 0.496 e. The molecule has 0 aliphatic rings. The Morgan fingerprint density at radius 2 is 1.83 bits per heavy atom. The molecular weight excluding hydrogens is 491 g/mol. The van der Waals surface area contributed by atoms with Crippen LogP contribution in [-0.4, -0.2) is 28.6 Å². The second-order valence-corrected chi connectivity index (χ2v) is 8.27. The summed E-state index contributed by atoms with van der Waals surface area (Å²) in [4.78, 5) is 0. The number of nitrogens with zero attached hydrogens (tertiary/aromatic N) is 2. The van der Waals surface area contributed by atoms with E-state index in [4.69, 9.17) is 38.0 Å². The number of nitrogens with one attached hydrogen (secondary N) is 2. The molecule has 182 valence electrons. The number of hydrogen-bond acceptors (Lipinski definition) is 6. The van der Waals surface area contributed by atoms with Crippen molar-refractivity contribution in [2.75, 3.05) is 19.1 Å². The van der Waals surface area contributed by atoms with Crippen LogP contribution in [0.3, 0.4) is 0 Å². The normalized spacial score (nSPS) is 10.7. The van der Waals surface area contributed by atoms with Crippen molar-refractivity contribution in [3.63, 3.8) is 0 Å². The summed E-state index contributed by atoms with van der Waals surface area (Å²) in [5.41, 5.74) is 5.73. The van der Waals surface area contributed by atoms with Crippen LogP contribution in [0.15, 0.2) is 60.7 Å². The van der Waals surface area contributed by atoms with Crippen LogP contribution < -0.4 is 19.6 Å². The lowest BCUT2D eigenvalue weighted by atomic mass is 10.2. The number of rotatable bonds is 10. The van der Waals surface area contributed by atoms with Crippen LogP contribution in [0.4, 0.5) is 4.39 Å². The van der Waals surface area contributed by atoms with Gasteiger partial charge in [0.25, 0.3) is 0 Å². The van der Waals surface area contributed by atoms with Crippen LogP contribution >= 0.6 is 23.8 Å². The molecule has 0 fully saturated rings. The molecule has 4 aromatic rings. The van der Waals surface area contributed by atoms with E-state index in [1.165, 1.54) is 12.1 Å². The average molecular weight is 515 g/mol. The number of H-pyrrole nitrogens is 1. The van der Waals surface area contributed by atoms with Gasteiger partial charge in [-0.15, -0.1) is 0 Å². The second-order valence-electron chi connectivity index (χ2n) is 7.48. The fraction of sp³-hybridized carbons (Fsp3) is 0.200. The molecule has 3 aromatic carbocycles. The van der Waals surface area contributed by atoms with Gasteiger partial charge >= 0.3 is 0 Å². The number of methoxy groups -OCH3 is 1. The van der Waals surface area contributed by atoms with Crippen LogP contribution in [0, 0.1) is 10.6 Å². The lowest BCUT2D eigenvalue weighted by molar-refractivity contribution is 0.269. The van der Waals surface area contributed by atoms with E-state index >= 15 is 0 Å². The fourth-order valence-corrected chi connectivity index (χ4v) is 3.97. The van der Waals surface area contributed by atoms with Crippen molar-refractivity contribution in [2.24, 2.45) is 0 Å². The Hall–Kier alpha value is -3.56. The molecule has 1 heterocycles. The van der Waals surface area contributed by atoms with Gasteiger partial charge in [-0.3, -0.25) is 0 Å².